The summed E-state index contributed by atoms with van der Waals surface area (Å²) in [4.78, 5) is 2.65. The van der Waals surface area contributed by atoms with E-state index in [1.165, 1.54) is 64.2 Å². The maximum atomic E-state index is 6.14. The zero-order chi connectivity index (χ0) is 13.0. The summed E-state index contributed by atoms with van der Waals surface area (Å²) >= 11 is 0. The minimum atomic E-state index is 0.236. The molecule has 2 saturated carbocycles. The minimum Gasteiger partial charge on any atom is -0.329 e. The van der Waals surface area contributed by atoms with Gasteiger partial charge in [-0.1, -0.05) is 44.9 Å². The molecular formula is C16H32N2. The van der Waals surface area contributed by atoms with Crippen LogP contribution in [0.1, 0.15) is 71.1 Å². The van der Waals surface area contributed by atoms with E-state index in [-0.39, 0.29) is 5.54 Å². The Balaban J connectivity index is 1.95. The van der Waals surface area contributed by atoms with Gasteiger partial charge in [-0.15, -0.1) is 0 Å². The second-order valence-corrected chi connectivity index (χ2v) is 6.96. The molecular weight excluding hydrogens is 220 g/mol. The third-order valence-electron chi connectivity index (χ3n) is 5.62. The highest BCUT2D eigenvalue weighted by atomic mass is 15.2. The smallest absolute Gasteiger partial charge is 0.0306 e. The Bertz CT molecular complexity index is 241. The zero-order valence-electron chi connectivity index (χ0n) is 12.5. The van der Waals surface area contributed by atoms with Gasteiger partial charge in [0.2, 0.25) is 0 Å². The van der Waals surface area contributed by atoms with Crippen molar-refractivity contribution in [1.29, 1.82) is 0 Å². The number of hydrogen-bond acceptors (Lipinski definition) is 2. The van der Waals surface area contributed by atoms with Crippen molar-refractivity contribution < 1.29 is 0 Å². The fraction of sp³-hybridized carbons (Fsp3) is 1.00. The molecule has 0 aliphatic heterocycles. The fourth-order valence-corrected chi connectivity index (χ4v) is 3.78. The molecule has 0 radical (unpaired) electrons. The van der Waals surface area contributed by atoms with Crippen LogP contribution in [0.4, 0.5) is 0 Å². The maximum Gasteiger partial charge on any atom is 0.0306 e. The lowest BCUT2D eigenvalue weighted by Gasteiger charge is -2.46. The van der Waals surface area contributed by atoms with E-state index in [0.29, 0.717) is 0 Å². The van der Waals surface area contributed by atoms with Gasteiger partial charge < -0.3 is 5.73 Å². The summed E-state index contributed by atoms with van der Waals surface area (Å²) in [6.45, 7) is 3.21. The summed E-state index contributed by atoms with van der Waals surface area (Å²) in [6, 6.07) is 0.779. The maximum absolute atomic E-state index is 6.14. The molecule has 2 nitrogen and oxygen atoms in total. The van der Waals surface area contributed by atoms with Crippen molar-refractivity contribution in [3.63, 3.8) is 0 Å². The lowest BCUT2D eigenvalue weighted by molar-refractivity contribution is 0.0484. The van der Waals surface area contributed by atoms with Crippen LogP contribution < -0.4 is 5.73 Å². The van der Waals surface area contributed by atoms with Crippen LogP contribution in [0.5, 0.6) is 0 Å². The van der Waals surface area contributed by atoms with Gasteiger partial charge in [-0.05, 0) is 39.2 Å². The molecule has 0 amide bonds. The van der Waals surface area contributed by atoms with E-state index in [1.807, 2.05) is 0 Å². The van der Waals surface area contributed by atoms with Gasteiger partial charge >= 0.3 is 0 Å². The highest BCUT2D eigenvalue weighted by molar-refractivity contribution is 4.93. The Morgan fingerprint density at radius 1 is 1.00 bits per heavy atom. The normalized spacial score (nSPS) is 26.7. The molecule has 0 aromatic rings. The topological polar surface area (TPSA) is 29.3 Å². The highest BCUT2D eigenvalue weighted by Gasteiger charge is 2.36. The van der Waals surface area contributed by atoms with Gasteiger partial charge in [0.25, 0.3) is 0 Å². The van der Waals surface area contributed by atoms with Gasteiger partial charge in [0.05, 0.1) is 0 Å². The molecule has 2 fully saturated rings. The summed E-state index contributed by atoms with van der Waals surface area (Å²) in [5.41, 5.74) is 6.38. The molecule has 0 bridgehead atoms. The Morgan fingerprint density at radius 3 is 2.06 bits per heavy atom. The van der Waals surface area contributed by atoms with Crippen molar-refractivity contribution in [2.45, 2.75) is 82.7 Å². The van der Waals surface area contributed by atoms with Gasteiger partial charge in [-0.3, -0.25) is 4.90 Å². The van der Waals surface area contributed by atoms with E-state index < -0.39 is 0 Å². The van der Waals surface area contributed by atoms with Crippen LogP contribution in [0.15, 0.2) is 0 Å². The Labute approximate surface area is 113 Å². The SMILES string of the molecule is CN(C1CCCCCC1)C(C)(CN)CC1CCC1. The van der Waals surface area contributed by atoms with Gasteiger partial charge in [-0.25, -0.2) is 0 Å². The molecule has 18 heavy (non-hydrogen) atoms. The van der Waals surface area contributed by atoms with Crippen molar-refractivity contribution in [1.82, 2.24) is 4.90 Å². The van der Waals surface area contributed by atoms with Crippen molar-refractivity contribution in [3.05, 3.63) is 0 Å². The quantitative estimate of drug-likeness (QED) is 0.758. The standard InChI is InChI=1S/C16H32N2/c1-16(13-17,12-14-8-7-9-14)18(2)15-10-5-3-4-6-11-15/h14-15H,3-13,17H2,1-2H3. The van der Waals surface area contributed by atoms with E-state index in [9.17, 15) is 0 Å². The van der Waals surface area contributed by atoms with E-state index in [4.69, 9.17) is 5.73 Å². The molecule has 0 heterocycles. The average Bonchev–Trinajstić information content (AvgIpc) is 2.61. The second-order valence-electron chi connectivity index (χ2n) is 6.96. The van der Waals surface area contributed by atoms with E-state index in [0.717, 1.165) is 18.5 Å². The zero-order valence-corrected chi connectivity index (χ0v) is 12.5. The number of hydrogen-bond donors (Lipinski definition) is 1. The Hall–Kier alpha value is -0.0800. The number of nitrogens with two attached hydrogens (primary N) is 1. The van der Waals surface area contributed by atoms with Gasteiger partial charge in [-0.2, -0.15) is 0 Å². The predicted molar refractivity (Wildman–Crippen MR) is 78.7 cm³/mol. The number of rotatable bonds is 5. The summed E-state index contributed by atoms with van der Waals surface area (Å²) in [7, 11) is 2.33. The molecule has 0 spiro atoms. The molecule has 2 aliphatic carbocycles. The van der Waals surface area contributed by atoms with Crippen LogP contribution in [0.25, 0.3) is 0 Å². The van der Waals surface area contributed by atoms with Gasteiger partial charge in [0.15, 0.2) is 0 Å². The van der Waals surface area contributed by atoms with E-state index >= 15 is 0 Å². The third-order valence-corrected chi connectivity index (χ3v) is 5.62. The Morgan fingerprint density at radius 2 is 1.61 bits per heavy atom. The molecule has 2 rings (SSSR count). The minimum absolute atomic E-state index is 0.236. The van der Waals surface area contributed by atoms with Crippen LogP contribution in [-0.4, -0.2) is 30.1 Å². The first-order valence-electron chi connectivity index (χ1n) is 8.09. The largest absolute Gasteiger partial charge is 0.329 e. The van der Waals surface area contributed by atoms with Crippen LogP contribution in [0, 0.1) is 5.92 Å². The molecule has 0 aromatic heterocycles. The first-order valence-corrected chi connectivity index (χ1v) is 8.09. The van der Waals surface area contributed by atoms with Crippen LogP contribution in [-0.2, 0) is 0 Å². The summed E-state index contributed by atoms with van der Waals surface area (Å²) in [5.74, 6) is 0.951. The van der Waals surface area contributed by atoms with Crippen molar-refractivity contribution in [2.24, 2.45) is 11.7 Å². The molecule has 106 valence electrons. The van der Waals surface area contributed by atoms with Crippen molar-refractivity contribution >= 4 is 0 Å². The summed E-state index contributed by atoms with van der Waals surface area (Å²) in [5, 5.41) is 0. The lowest BCUT2D eigenvalue weighted by atomic mass is 9.75. The molecule has 0 aromatic carbocycles. The van der Waals surface area contributed by atoms with Crippen LogP contribution in [0.2, 0.25) is 0 Å². The summed E-state index contributed by atoms with van der Waals surface area (Å²) in [6.07, 6.45) is 14.1. The molecule has 2 heteroatoms. The molecule has 0 saturated heterocycles. The molecule has 2 N–H and O–H groups in total. The van der Waals surface area contributed by atoms with Crippen LogP contribution >= 0.6 is 0 Å². The van der Waals surface area contributed by atoms with Crippen molar-refractivity contribution in [2.75, 3.05) is 13.6 Å². The first kappa shape index (κ1) is 14.3. The monoisotopic (exact) mass is 252 g/mol. The van der Waals surface area contributed by atoms with E-state index in [2.05, 4.69) is 18.9 Å². The van der Waals surface area contributed by atoms with Crippen LogP contribution in [0.3, 0.4) is 0 Å². The van der Waals surface area contributed by atoms with Gasteiger partial charge in [0.1, 0.15) is 0 Å². The van der Waals surface area contributed by atoms with E-state index in [1.54, 1.807) is 0 Å². The van der Waals surface area contributed by atoms with Gasteiger partial charge in [0, 0.05) is 18.1 Å². The second kappa shape index (κ2) is 6.38. The Kier molecular flexibility index (Phi) is 5.08. The highest BCUT2D eigenvalue weighted by Crippen LogP contribution is 2.37. The van der Waals surface area contributed by atoms with Crippen molar-refractivity contribution in [3.8, 4) is 0 Å². The lowest BCUT2D eigenvalue weighted by Crippen LogP contribution is -2.55. The third kappa shape index (κ3) is 3.27. The molecule has 1 atom stereocenters. The average molecular weight is 252 g/mol. The predicted octanol–water partition coefficient (Wildman–Crippen LogP) is 3.55. The molecule has 2 aliphatic rings. The first-order chi connectivity index (χ1) is 8.65. The summed E-state index contributed by atoms with van der Waals surface area (Å²) < 4.78 is 0. The fourth-order valence-electron chi connectivity index (χ4n) is 3.78. The number of nitrogens with zero attached hydrogens (tertiary/aromatic N) is 1. The number of likely N-dealkylation sites (N-methyl/N-ethyl adjacent to an activating group) is 1. The molecule has 1 unspecified atom stereocenters.